The van der Waals surface area contributed by atoms with E-state index in [1.807, 2.05) is 0 Å². The fourth-order valence-corrected chi connectivity index (χ4v) is 7.24. The second-order valence-corrected chi connectivity index (χ2v) is 16.1. The normalized spacial score (nSPS) is 22.5. The highest BCUT2D eigenvalue weighted by atomic mass is 16.7. The summed E-state index contributed by atoms with van der Waals surface area (Å²) in [6.45, 7) is 3.37. The van der Waals surface area contributed by atoms with Crippen molar-refractivity contribution in [2.24, 2.45) is 0 Å². The first kappa shape index (κ1) is 51.9. The molecule has 0 aromatic carbocycles. The number of carbonyl (C=O) groups is 1. The molecule has 0 aromatic rings. The molecule has 0 spiro atoms. The number of ether oxygens (including phenoxy) is 2. The zero-order valence-electron chi connectivity index (χ0n) is 34.9. The Balaban J connectivity index is 2.42. The minimum absolute atomic E-state index is 0.240. The molecule has 326 valence electrons. The number of allylic oxidation sites excluding steroid dienone is 2. The van der Waals surface area contributed by atoms with E-state index in [4.69, 9.17) is 9.47 Å². The molecule has 1 fully saturated rings. The molecule has 1 heterocycles. The minimum Gasteiger partial charge on any atom is -0.394 e. The van der Waals surface area contributed by atoms with E-state index >= 15 is 0 Å². The van der Waals surface area contributed by atoms with Crippen LogP contribution in [-0.4, -0.2) is 110 Å². The van der Waals surface area contributed by atoms with Crippen LogP contribution >= 0.6 is 0 Å². The van der Waals surface area contributed by atoms with Crippen LogP contribution in [0.4, 0.5) is 0 Å². The fraction of sp³-hybridized carbons (Fsp3) is 0.932. The van der Waals surface area contributed by atoms with E-state index in [9.17, 15) is 40.5 Å². The molecule has 0 aromatic heterocycles. The van der Waals surface area contributed by atoms with Gasteiger partial charge in [-0.25, -0.2) is 0 Å². The summed E-state index contributed by atoms with van der Waals surface area (Å²) in [5, 5.41) is 75.4. The molecule has 0 radical (unpaired) electrons. The van der Waals surface area contributed by atoms with Crippen molar-refractivity contribution in [1.82, 2.24) is 5.32 Å². The molecule has 1 amide bonds. The number of carbonyl (C=O) groups excluding carboxylic acids is 1. The van der Waals surface area contributed by atoms with E-state index in [1.165, 1.54) is 109 Å². The Morgan fingerprint density at radius 3 is 1.58 bits per heavy atom. The van der Waals surface area contributed by atoms with Gasteiger partial charge in [0.15, 0.2) is 6.29 Å². The summed E-state index contributed by atoms with van der Waals surface area (Å²) in [7, 11) is 0. The summed E-state index contributed by atoms with van der Waals surface area (Å²) in [6, 6.07) is -1.17. The monoisotopic (exact) mass is 788 g/mol. The summed E-state index contributed by atoms with van der Waals surface area (Å²) in [5.41, 5.74) is 0. The Morgan fingerprint density at radius 1 is 0.618 bits per heavy atom. The van der Waals surface area contributed by atoms with Gasteiger partial charge in [0.1, 0.15) is 36.6 Å². The predicted octanol–water partition coefficient (Wildman–Crippen LogP) is 6.89. The molecule has 0 aliphatic carbocycles. The van der Waals surface area contributed by atoms with Gasteiger partial charge >= 0.3 is 0 Å². The first-order valence-corrected chi connectivity index (χ1v) is 22.6. The van der Waals surface area contributed by atoms with E-state index in [2.05, 4.69) is 31.3 Å². The molecular weight excluding hydrogens is 702 g/mol. The molecule has 1 aliphatic rings. The quantitative estimate of drug-likeness (QED) is 0.0243. The van der Waals surface area contributed by atoms with Crippen molar-refractivity contribution in [3.05, 3.63) is 12.2 Å². The van der Waals surface area contributed by atoms with Gasteiger partial charge in [-0.1, -0.05) is 174 Å². The van der Waals surface area contributed by atoms with Crippen LogP contribution < -0.4 is 5.32 Å². The van der Waals surface area contributed by atoms with Crippen LogP contribution in [0.3, 0.4) is 0 Å². The van der Waals surface area contributed by atoms with Crippen molar-refractivity contribution in [3.63, 3.8) is 0 Å². The maximum absolute atomic E-state index is 13.0. The summed E-state index contributed by atoms with van der Waals surface area (Å²) in [6.07, 6.45) is 24.2. The molecule has 11 heteroatoms. The Labute approximate surface area is 334 Å². The standard InChI is InChI=1S/C44H85NO10/c1-3-5-7-9-11-13-14-15-16-17-18-19-20-21-22-24-25-27-29-31-36(47)39(49)35(34-54-44-42(52)41(51)40(50)38(33-46)55-44)45-43(53)37(48)32-30-28-26-23-12-10-8-6-4-2/h10,12,35-42,44,46-52H,3-9,11,13-34H2,1-2H3,(H,45,53)/b12-10-. The van der Waals surface area contributed by atoms with Gasteiger partial charge in [-0.2, -0.15) is 0 Å². The maximum atomic E-state index is 13.0. The van der Waals surface area contributed by atoms with Crippen LogP contribution in [-0.2, 0) is 14.3 Å². The number of rotatable bonds is 37. The molecule has 8 N–H and O–H groups in total. The van der Waals surface area contributed by atoms with Crippen LogP contribution in [0, 0.1) is 0 Å². The van der Waals surface area contributed by atoms with Gasteiger partial charge in [-0.05, 0) is 32.1 Å². The van der Waals surface area contributed by atoms with Gasteiger partial charge in [-0.15, -0.1) is 0 Å². The van der Waals surface area contributed by atoms with Crippen LogP contribution in [0.5, 0.6) is 0 Å². The van der Waals surface area contributed by atoms with Crippen LogP contribution in [0.15, 0.2) is 12.2 Å². The Hall–Kier alpha value is -1.15. The highest BCUT2D eigenvalue weighted by Crippen LogP contribution is 2.23. The third-order valence-electron chi connectivity index (χ3n) is 11.1. The molecule has 0 saturated carbocycles. The number of unbranched alkanes of at least 4 members (excludes halogenated alkanes) is 23. The summed E-state index contributed by atoms with van der Waals surface area (Å²) >= 11 is 0. The number of aliphatic hydroxyl groups is 7. The fourth-order valence-electron chi connectivity index (χ4n) is 7.24. The predicted molar refractivity (Wildman–Crippen MR) is 219 cm³/mol. The minimum atomic E-state index is -1.66. The van der Waals surface area contributed by atoms with Gasteiger partial charge in [0.25, 0.3) is 0 Å². The van der Waals surface area contributed by atoms with Gasteiger partial charge in [0.05, 0.1) is 25.4 Å². The van der Waals surface area contributed by atoms with E-state index in [1.54, 1.807) is 0 Å². The lowest BCUT2D eigenvalue weighted by molar-refractivity contribution is -0.303. The average molecular weight is 788 g/mol. The molecule has 1 rings (SSSR count). The molecule has 0 bridgehead atoms. The lowest BCUT2D eigenvalue weighted by Crippen LogP contribution is -2.60. The summed E-state index contributed by atoms with van der Waals surface area (Å²) in [5.74, 6) is -0.711. The highest BCUT2D eigenvalue weighted by Gasteiger charge is 2.44. The molecule has 9 unspecified atom stereocenters. The maximum Gasteiger partial charge on any atom is 0.249 e. The van der Waals surface area contributed by atoms with Crippen molar-refractivity contribution >= 4 is 5.91 Å². The molecular formula is C44H85NO10. The number of hydrogen-bond acceptors (Lipinski definition) is 10. The van der Waals surface area contributed by atoms with Crippen molar-refractivity contribution in [3.8, 4) is 0 Å². The lowest BCUT2D eigenvalue weighted by Gasteiger charge is -2.40. The van der Waals surface area contributed by atoms with Crippen LogP contribution in [0.1, 0.15) is 194 Å². The molecule has 55 heavy (non-hydrogen) atoms. The topological polar surface area (TPSA) is 189 Å². The number of amides is 1. The molecule has 1 saturated heterocycles. The van der Waals surface area contributed by atoms with E-state index in [-0.39, 0.29) is 6.42 Å². The zero-order valence-corrected chi connectivity index (χ0v) is 34.9. The smallest absolute Gasteiger partial charge is 0.249 e. The highest BCUT2D eigenvalue weighted by molar-refractivity contribution is 5.80. The number of nitrogens with one attached hydrogen (secondary N) is 1. The zero-order chi connectivity index (χ0) is 40.5. The average Bonchev–Trinajstić information content (AvgIpc) is 3.18. The van der Waals surface area contributed by atoms with Crippen molar-refractivity contribution in [1.29, 1.82) is 0 Å². The molecule has 9 atom stereocenters. The van der Waals surface area contributed by atoms with Gasteiger partial charge in [0, 0.05) is 0 Å². The van der Waals surface area contributed by atoms with Gasteiger partial charge in [0.2, 0.25) is 5.91 Å². The molecule has 1 aliphatic heterocycles. The van der Waals surface area contributed by atoms with Crippen molar-refractivity contribution in [2.75, 3.05) is 13.2 Å². The lowest BCUT2D eigenvalue weighted by atomic mass is 9.98. The Kier molecular flexibility index (Phi) is 32.9. The van der Waals surface area contributed by atoms with Crippen molar-refractivity contribution in [2.45, 2.75) is 249 Å². The van der Waals surface area contributed by atoms with Gasteiger partial charge in [-0.3, -0.25) is 4.79 Å². The van der Waals surface area contributed by atoms with Crippen LogP contribution in [0.25, 0.3) is 0 Å². The van der Waals surface area contributed by atoms with Crippen molar-refractivity contribution < 1.29 is 50.0 Å². The SMILES string of the molecule is CCCC/C=C\CCCCCC(O)C(=O)NC(COC1OC(CO)C(O)C(O)C1O)C(O)C(O)CCCCCCCCCCCCCCCCCCCCC. The Bertz CT molecular complexity index is 908. The third-order valence-corrected chi connectivity index (χ3v) is 11.1. The molecule has 11 nitrogen and oxygen atoms in total. The van der Waals surface area contributed by atoms with E-state index in [0.29, 0.717) is 19.3 Å². The first-order chi connectivity index (χ1) is 26.7. The number of aliphatic hydroxyl groups excluding tert-OH is 7. The largest absolute Gasteiger partial charge is 0.394 e. The van der Waals surface area contributed by atoms with Crippen LogP contribution in [0.2, 0.25) is 0 Å². The Morgan fingerprint density at radius 2 is 1.07 bits per heavy atom. The third kappa shape index (κ3) is 25.1. The van der Waals surface area contributed by atoms with E-state index in [0.717, 1.165) is 44.9 Å². The van der Waals surface area contributed by atoms with Gasteiger partial charge < -0.3 is 50.5 Å². The summed E-state index contributed by atoms with van der Waals surface area (Å²) < 4.78 is 11.1. The second-order valence-electron chi connectivity index (χ2n) is 16.1. The first-order valence-electron chi connectivity index (χ1n) is 22.6. The second kappa shape index (κ2) is 34.9. The summed E-state index contributed by atoms with van der Waals surface area (Å²) in [4.78, 5) is 13.0. The van der Waals surface area contributed by atoms with E-state index < -0.39 is 74.2 Å². The number of hydrogen-bond donors (Lipinski definition) is 8.